The Balaban J connectivity index is 1.40. The maximum Gasteiger partial charge on any atom is 0.289 e. The van der Waals surface area contributed by atoms with Crippen LogP contribution in [0.15, 0.2) is 70.2 Å². The van der Waals surface area contributed by atoms with Crippen molar-refractivity contribution in [3.8, 4) is 11.3 Å². The maximum atomic E-state index is 12.6. The van der Waals surface area contributed by atoms with Crippen LogP contribution in [-0.4, -0.2) is 21.8 Å². The van der Waals surface area contributed by atoms with Crippen molar-refractivity contribution in [2.75, 3.05) is 0 Å². The second-order valence-electron chi connectivity index (χ2n) is 7.42. The van der Waals surface area contributed by atoms with Gasteiger partial charge in [0, 0.05) is 10.0 Å². The number of hydrazone groups is 1. The summed E-state index contributed by atoms with van der Waals surface area (Å²) in [6.07, 6.45) is 2.17. The Kier molecular flexibility index (Phi) is 4.71. The van der Waals surface area contributed by atoms with Crippen LogP contribution in [0, 0.1) is 0 Å². The van der Waals surface area contributed by atoms with Crippen LogP contribution >= 0.6 is 15.9 Å². The average molecular weight is 459 g/mol. The first-order chi connectivity index (χ1) is 14.6. The number of hydrogen-bond acceptors (Lipinski definition) is 3. The minimum absolute atomic E-state index is 0.323. The van der Waals surface area contributed by atoms with E-state index in [0.29, 0.717) is 5.69 Å². The van der Waals surface area contributed by atoms with Crippen molar-refractivity contribution in [1.29, 1.82) is 0 Å². The molecule has 0 radical (unpaired) electrons. The van der Waals surface area contributed by atoms with E-state index in [1.54, 1.807) is 6.07 Å². The van der Waals surface area contributed by atoms with E-state index in [-0.39, 0.29) is 5.91 Å². The van der Waals surface area contributed by atoms with E-state index >= 15 is 0 Å². The highest BCUT2D eigenvalue weighted by Gasteiger charge is 2.18. The van der Waals surface area contributed by atoms with Crippen LogP contribution in [0.2, 0.25) is 0 Å². The number of benzene rings is 3. The van der Waals surface area contributed by atoms with Crippen LogP contribution in [0.4, 0.5) is 0 Å². The molecule has 4 aromatic rings. The normalized spacial score (nSPS) is 13.1. The van der Waals surface area contributed by atoms with Crippen molar-refractivity contribution in [2.45, 2.75) is 19.8 Å². The Hall–Kier alpha value is -3.25. The van der Waals surface area contributed by atoms with Gasteiger partial charge in [-0.3, -0.25) is 9.89 Å². The SMILES string of the molecule is CC(=NNC(=O)c1cc(-c2ccc3c4c(cccc24)CC3)n[nH]1)c1ccc(Br)cc1. The molecule has 5 nitrogen and oxygen atoms in total. The van der Waals surface area contributed by atoms with Crippen LogP contribution < -0.4 is 5.43 Å². The smallest absolute Gasteiger partial charge is 0.272 e. The van der Waals surface area contributed by atoms with Crippen LogP contribution in [0.3, 0.4) is 0 Å². The fraction of sp³-hybridized carbons (Fsp3) is 0.125. The summed E-state index contributed by atoms with van der Waals surface area (Å²) in [5.41, 5.74) is 9.20. The zero-order valence-electron chi connectivity index (χ0n) is 16.4. The number of halogens is 1. The lowest BCUT2D eigenvalue weighted by atomic mass is 9.98. The number of H-pyrrole nitrogens is 1. The summed E-state index contributed by atoms with van der Waals surface area (Å²) in [5, 5.41) is 14.0. The molecule has 0 saturated carbocycles. The van der Waals surface area contributed by atoms with Gasteiger partial charge in [0.2, 0.25) is 0 Å². The van der Waals surface area contributed by atoms with E-state index in [9.17, 15) is 4.79 Å². The highest BCUT2D eigenvalue weighted by Crippen LogP contribution is 2.36. The van der Waals surface area contributed by atoms with Gasteiger partial charge in [0.25, 0.3) is 5.91 Å². The standard InChI is InChI=1S/C24H19BrN4O/c1-14(15-7-10-18(25)11-8-15)26-29-24(30)22-13-21(27-28-22)19-12-9-17-6-5-16-3-2-4-20(19)23(16)17/h2-4,7-13H,5-6H2,1H3,(H,27,28)(H,29,30). The van der Waals surface area contributed by atoms with E-state index < -0.39 is 0 Å². The zero-order chi connectivity index (χ0) is 20.7. The van der Waals surface area contributed by atoms with Crippen molar-refractivity contribution < 1.29 is 4.79 Å². The van der Waals surface area contributed by atoms with Gasteiger partial charge in [-0.1, -0.05) is 58.4 Å². The summed E-state index contributed by atoms with van der Waals surface area (Å²) in [6, 6.07) is 20.2. The molecule has 30 heavy (non-hydrogen) atoms. The third-order valence-corrected chi connectivity index (χ3v) is 6.09. The van der Waals surface area contributed by atoms with Gasteiger partial charge in [0.05, 0.1) is 11.4 Å². The van der Waals surface area contributed by atoms with Crippen LogP contribution in [0.25, 0.3) is 22.0 Å². The topological polar surface area (TPSA) is 70.1 Å². The summed E-state index contributed by atoms with van der Waals surface area (Å²) in [6.45, 7) is 1.86. The number of carbonyl (C=O) groups is 1. The van der Waals surface area contributed by atoms with E-state index in [1.807, 2.05) is 31.2 Å². The largest absolute Gasteiger partial charge is 0.289 e. The molecular weight excluding hydrogens is 440 g/mol. The number of nitrogens with zero attached hydrogens (tertiary/aromatic N) is 2. The molecule has 0 atom stereocenters. The number of hydrogen-bond donors (Lipinski definition) is 2. The molecule has 1 amide bonds. The van der Waals surface area contributed by atoms with Gasteiger partial charge in [0.15, 0.2) is 0 Å². The van der Waals surface area contributed by atoms with E-state index in [4.69, 9.17) is 0 Å². The summed E-state index contributed by atoms with van der Waals surface area (Å²) in [4.78, 5) is 12.6. The molecular formula is C24H19BrN4O. The molecule has 0 bridgehead atoms. The first-order valence-corrected chi connectivity index (χ1v) is 10.6. The molecule has 1 aliphatic carbocycles. The fourth-order valence-corrected chi connectivity index (χ4v) is 4.26. The molecule has 0 unspecified atom stereocenters. The van der Waals surface area contributed by atoms with Gasteiger partial charge in [0.1, 0.15) is 5.69 Å². The first-order valence-electron chi connectivity index (χ1n) is 9.80. The van der Waals surface area contributed by atoms with Crippen LogP contribution in [0.5, 0.6) is 0 Å². The predicted octanol–water partition coefficient (Wildman–Crippen LogP) is 5.25. The molecule has 6 heteroatoms. The Morgan fingerprint density at radius 1 is 1.07 bits per heavy atom. The molecule has 148 valence electrons. The maximum absolute atomic E-state index is 12.6. The Bertz CT molecular complexity index is 1290. The van der Waals surface area contributed by atoms with E-state index in [1.165, 1.54) is 21.9 Å². The zero-order valence-corrected chi connectivity index (χ0v) is 18.0. The third-order valence-electron chi connectivity index (χ3n) is 5.56. The molecule has 2 N–H and O–H groups in total. The lowest BCUT2D eigenvalue weighted by Gasteiger charge is -2.06. The first kappa shape index (κ1) is 18.8. The number of aryl methyl sites for hydroxylation is 2. The Labute approximate surface area is 182 Å². The van der Waals surface area contributed by atoms with Crippen molar-refractivity contribution in [3.05, 3.63) is 87.5 Å². The van der Waals surface area contributed by atoms with Gasteiger partial charge in [-0.2, -0.15) is 10.2 Å². The Morgan fingerprint density at radius 2 is 1.83 bits per heavy atom. The summed E-state index contributed by atoms with van der Waals surface area (Å²) in [7, 11) is 0. The van der Waals surface area contributed by atoms with Gasteiger partial charge in [-0.05, 0) is 65.4 Å². The minimum Gasteiger partial charge on any atom is -0.272 e. The number of carbonyl (C=O) groups excluding carboxylic acids is 1. The number of aromatic amines is 1. The number of amides is 1. The van der Waals surface area contributed by atoms with Gasteiger partial charge < -0.3 is 0 Å². The Morgan fingerprint density at radius 3 is 2.63 bits per heavy atom. The summed E-state index contributed by atoms with van der Waals surface area (Å²) < 4.78 is 0.996. The lowest BCUT2D eigenvalue weighted by Crippen LogP contribution is -2.19. The molecule has 0 fully saturated rings. The van der Waals surface area contributed by atoms with Crippen molar-refractivity contribution in [3.63, 3.8) is 0 Å². The van der Waals surface area contributed by atoms with Crippen LogP contribution in [0.1, 0.15) is 34.1 Å². The van der Waals surface area contributed by atoms with Crippen molar-refractivity contribution in [2.24, 2.45) is 5.10 Å². The monoisotopic (exact) mass is 458 g/mol. The second kappa shape index (κ2) is 7.54. The minimum atomic E-state index is -0.323. The summed E-state index contributed by atoms with van der Waals surface area (Å²) >= 11 is 3.41. The highest BCUT2D eigenvalue weighted by atomic mass is 79.9. The molecule has 0 aliphatic heterocycles. The second-order valence-corrected chi connectivity index (χ2v) is 8.34. The highest BCUT2D eigenvalue weighted by molar-refractivity contribution is 9.10. The quantitative estimate of drug-likeness (QED) is 0.324. The molecule has 5 rings (SSSR count). The molecule has 1 heterocycles. The van der Waals surface area contributed by atoms with Crippen molar-refractivity contribution >= 4 is 38.3 Å². The average Bonchev–Trinajstić information content (AvgIpc) is 3.42. The fourth-order valence-electron chi connectivity index (χ4n) is 4.00. The van der Waals surface area contributed by atoms with Crippen molar-refractivity contribution in [1.82, 2.24) is 15.6 Å². The van der Waals surface area contributed by atoms with E-state index in [2.05, 4.69) is 67.0 Å². The molecule has 1 aliphatic rings. The number of nitrogens with one attached hydrogen (secondary N) is 2. The molecule has 3 aromatic carbocycles. The molecule has 0 spiro atoms. The summed E-state index contributed by atoms with van der Waals surface area (Å²) in [5.74, 6) is -0.323. The van der Waals surface area contributed by atoms with E-state index in [0.717, 1.165) is 39.8 Å². The van der Waals surface area contributed by atoms with Gasteiger partial charge in [-0.15, -0.1) is 0 Å². The van der Waals surface area contributed by atoms with Crippen LogP contribution in [-0.2, 0) is 12.8 Å². The molecule has 0 saturated heterocycles. The number of aromatic nitrogens is 2. The number of rotatable bonds is 4. The molecule has 1 aromatic heterocycles. The predicted molar refractivity (Wildman–Crippen MR) is 123 cm³/mol. The van der Waals surface area contributed by atoms with Gasteiger partial charge >= 0.3 is 0 Å². The lowest BCUT2D eigenvalue weighted by molar-refractivity contribution is 0.0950. The van der Waals surface area contributed by atoms with Gasteiger partial charge in [-0.25, -0.2) is 5.43 Å². The third kappa shape index (κ3) is 3.33.